The molecular weight excluding hydrogens is 364 g/mol. The van der Waals surface area contributed by atoms with Crippen molar-refractivity contribution in [3.05, 3.63) is 95.1 Å². The maximum Gasteiger partial charge on any atom is 0.227 e. The lowest BCUT2D eigenvalue weighted by Gasteiger charge is -2.17. The Labute approximate surface area is 169 Å². The largest absolute Gasteiger partial charge is 0.302 e. The lowest BCUT2D eigenvalue weighted by atomic mass is 9.88. The first-order chi connectivity index (χ1) is 13.6. The zero-order valence-electron chi connectivity index (χ0n) is 16.0. The van der Waals surface area contributed by atoms with Crippen LogP contribution in [0, 0.1) is 13.8 Å². The first-order valence-electron chi connectivity index (χ1n) is 9.38. The number of carbonyl (C=O) groups excluding carboxylic acids is 1. The summed E-state index contributed by atoms with van der Waals surface area (Å²) in [5, 5.41) is 3.69. The molecule has 3 aromatic carbocycles. The van der Waals surface area contributed by atoms with Crippen LogP contribution < -0.4 is 5.32 Å². The zero-order chi connectivity index (χ0) is 19.5. The Kier molecular flexibility index (Phi) is 5.22. The molecule has 3 nitrogen and oxygen atoms in total. The molecule has 1 aromatic heterocycles. The molecule has 0 bridgehead atoms. The Morgan fingerprint density at radius 1 is 0.893 bits per heavy atom. The van der Waals surface area contributed by atoms with E-state index in [0.717, 1.165) is 26.9 Å². The maximum atomic E-state index is 12.9. The molecule has 0 saturated carbocycles. The van der Waals surface area contributed by atoms with Crippen LogP contribution in [0.3, 0.4) is 0 Å². The molecule has 4 aromatic rings. The van der Waals surface area contributed by atoms with Crippen molar-refractivity contribution in [2.45, 2.75) is 26.2 Å². The molecule has 0 unspecified atom stereocenters. The number of aryl methyl sites for hydroxylation is 2. The average Bonchev–Trinajstić information content (AvgIpc) is 3.15. The predicted molar refractivity (Wildman–Crippen MR) is 117 cm³/mol. The van der Waals surface area contributed by atoms with Crippen LogP contribution in [0.25, 0.3) is 10.2 Å². The third-order valence-electron chi connectivity index (χ3n) is 4.98. The summed E-state index contributed by atoms with van der Waals surface area (Å²) in [7, 11) is 0. The Bertz CT molecular complexity index is 1030. The number of nitrogens with zero attached hydrogens (tertiary/aromatic N) is 1. The standard InChI is InChI=1S/C24H22N2OS/c1-16-13-14-17(2)23-22(16)26-24(28-23)25-21(27)15-20(18-9-5-3-6-10-18)19-11-7-4-8-12-19/h3-14,20H,15H2,1-2H3,(H,25,26,27). The summed E-state index contributed by atoms with van der Waals surface area (Å²) in [5.74, 6) is -0.00711. The fourth-order valence-corrected chi connectivity index (χ4v) is 4.49. The van der Waals surface area contributed by atoms with Crippen molar-refractivity contribution in [3.8, 4) is 0 Å². The molecule has 4 heteroatoms. The van der Waals surface area contributed by atoms with Crippen LogP contribution >= 0.6 is 11.3 Å². The molecule has 4 rings (SSSR count). The van der Waals surface area contributed by atoms with Crippen LogP contribution in [0.1, 0.15) is 34.6 Å². The van der Waals surface area contributed by atoms with E-state index in [1.165, 1.54) is 5.56 Å². The molecule has 0 spiro atoms. The molecule has 0 atom stereocenters. The summed E-state index contributed by atoms with van der Waals surface area (Å²) in [6, 6.07) is 24.5. The summed E-state index contributed by atoms with van der Waals surface area (Å²) in [5.41, 5.74) is 5.57. The van der Waals surface area contributed by atoms with Gasteiger partial charge in [0.25, 0.3) is 0 Å². The second-order valence-electron chi connectivity index (χ2n) is 7.02. The first-order valence-corrected chi connectivity index (χ1v) is 10.2. The second kappa shape index (κ2) is 7.95. The van der Waals surface area contributed by atoms with E-state index >= 15 is 0 Å². The third kappa shape index (κ3) is 3.82. The highest BCUT2D eigenvalue weighted by atomic mass is 32.1. The summed E-state index contributed by atoms with van der Waals surface area (Å²) in [6.45, 7) is 4.13. The van der Waals surface area contributed by atoms with E-state index in [1.807, 2.05) is 43.3 Å². The Morgan fingerprint density at radius 2 is 1.46 bits per heavy atom. The van der Waals surface area contributed by atoms with Gasteiger partial charge in [-0.1, -0.05) is 84.1 Å². The van der Waals surface area contributed by atoms with Crippen LogP contribution in [0.2, 0.25) is 0 Å². The van der Waals surface area contributed by atoms with Gasteiger partial charge < -0.3 is 5.32 Å². The minimum atomic E-state index is -0.0212. The number of hydrogen-bond acceptors (Lipinski definition) is 3. The molecule has 1 N–H and O–H groups in total. The number of benzene rings is 3. The number of rotatable bonds is 5. The number of amides is 1. The van der Waals surface area contributed by atoms with Crippen molar-refractivity contribution >= 4 is 32.6 Å². The highest BCUT2D eigenvalue weighted by Crippen LogP contribution is 2.32. The number of thiazole rings is 1. The monoisotopic (exact) mass is 386 g/mol. The zero-order valence-corrected chi connectivity index (χ0v) is 16.8. The molecule has 0 aliphatic rings. The van der Waals surface area contributed by atoms with E-state index in [2.05, 4.69) is 53.6 Å². The SMILES string of the molecule is Cc1ccc(C)c2sc(NC(=O)CC(c3ccccc3)c3ccccc3)nc12. The molecule has 28 heavy (non-hydrogen) atoms. The summed E-state index contributed by atoms with van der Waals surface area (Å²) in [4.78, 5) is 17.5. The fourth-order valence-electron chi connectivity index (χ4n) is 3.47. The number of fused-ring (bicyclic) bond motifs is 1. The summed E-state index contributed by atoms with van der Waals surface area (Å²) >= 11 is 1.54. The van der Waals surface area contributed by atoms with Crippen LogP contribution in [0.4, 0.5) is 5.13 Å². The van der Waals surface area contributed by atoms with Gasteiger partial charge in [0.05, 0.1) is 10.2 Å². The fraction of sp³-hybridized carbons (Fsp3) is 0.167. The molecule has 0 saturated heterocycles. The van der Waals surface area contributed by atoms with Gasteiger partial charge in [-0.3, -0.25) is 4.79 Å². The minimum absolute atomic E-state index is 0.0141. The number of carbonyl (C=O) groups is 1. The number of nitrogens with one attached hydrogen (secondary N) is 1. The molecule has 0 radical (unpaired) electrons. The van der Waals surface area contributed by atoms with Crippen LogP contribution in [-0.2, 0) is 4.79 Å². The van der Waals surface area contributed by atoms with Crippen LogP contribution in [0.5, 0.6) is 0 Å². The molecule has 140 valence electrons. The molecule has 1 heterocycles. The van der Waals surface area contributed by atoms with E-state index in [1.54, 1.807) is 11.3 Å². The van der Waals surface area contributed by atoms with Gasteiger partial charge in [0.15, 0.2) is 5.13 Å². The Balaban J connectivity index is 1.59. The third-order valence-corrected chi connectivity index (χ3v) is 6.09. The van der Waals surface area contributed by atoms with E-state index in [-0.39, 0.29) is 11.8 Å². The number of aromatic nitrogens is 1. The quantitative estimate of drug-likeness (QED) is 0.452. The topological polar surface area (TPSA) is 42.0 Å². The van der Waals surface area contributed by atoms with Gasteiger partial charge in [0.2, 0.25) is 5.91 Å². The molecule has 0 aliphatic heterocycles. The van der Waals surface area contributed by atoms with Crippen molar-refractivity contribution in [1.29, 1.82) is 0 Å². The second-order valence-corrected chi connectivity index (χ2v) is 8.02. The lowest BCUT2D eigenvalue weighted by molar-refractivity contribution is -0.116. The highest BCUT2D eigenvalue weighted by molar-refractivity contribution is 7.22. The molecular formula is C24H22N2OS. The van der Waals surface area contributed by atoms with Crippen molar-refractivity contribution < 1.29 is 4.79 Å². The van der Waals surface area contributed by atoms with E-state index in [0.29, 0.717) is 11.6 Å². The van der Waals surface area contributed by atoms with Crippen molar-refractivity contribution in [2.24, 2.45) is 0 Å². The van der Waals surface area contributed by atoms with Gasteiger partial charge in [0, 0.05) is 12.3 Å². The minimum Gasteiger partial charge on any atom is -0.302 e. The smallest absolute Gasteiger partial charge is 0.227 e. The lowest BCUT2D eigenvalue weighted by Crippen LogP contribution is -2.16. The maximum absolute atomic E-state index is 12.9. The van der Waals surface area contributed by atoms with Gasteiger partial charge in [-0.2, -0.15) is 0 Å². The van der Waals surface area contributed by atoms with Crippen molar-refractivity contribution in [2.75, 3.05) is 5.32 Å². The first kappa shape index (κ1) is 18.4. The van der Waals surface area contributed by atoms with E-state index < -0.39 is 0 Å². The van der Waals surface area contributed by atoms with Crippen LogP contribution in [-0.4, -0.2) is 10.9 Å². The number of anilines is 1. The van der Waals surface area contributed by atoms with Crippen LogP contribution in [0.15, 0.2) is 72.8 Å². The van der Waals surface area contributed by atoms with E-state index in [4.69, 9.17) is 0 Å². The Morgan fingerprint density at radius 3 is 2.04 bits per heavy atom. The summed E-state index contributed by atoms with van der Waals surface area (Å²) < 4.78 is 1.14. The normalized spacial score (nSPS) is 11.1. The van der Waals surface area contributed by atoms with Gasteiger partial charge >= 0.3 is 0 Å². The van der Waals surface area contributed by atoms with Gasteiger partial charge in [0.1, 0.15) is 0 Å². The molecule has 1 amide bonds. The highest BCUT2D eigenvalue weighted by Gasteiger charge is 2.19. The number of hydrogen-bond donors (Lipinski definition) is 1. The van der Waals surface area contributed by atoms with Gasteiger partial charge in [-0.25, -0.2) is 4.98 Å². The van der Waals surface area contributed by atoms with Crippen molar-refractivity contribution in [1.82, 2.24) is 4.98 Å². The molecule has 0 aliphatic carbocycles. The van der Waals surface area contributed by atoms with Gasteiger partial charge in [-0.05, 0) is 36.1 Å². The predicted octanol–water partition coefficient (Wildman–Crippen LogP) is 6.07. The van der Waals surface area contributed by atoms with Gasteiger partial charge in [-0.15, -0.1) is 0 Å². The average molecular weight is 387 g/mol. The van der Waals surface area contributed by atoms with E-state index in [9.17, 15) is 4.79 Å². The molecule has 0 fully saturated rings. The Hall–Kier alpha value is -2.98. The van der Waals surface area contributed by atoms with Crippen molar-refractivity contribution in [3.63, 3.8) is 0 Å². The summed E-state index contributed by atoms with van der Waals surface area (Å²) in [6.07, 6.45) is 0.377.